The average molecular weight is 522 g/mol. The lowest BCUT2D eigenvalue weighted by atomic mass is 9.64. The van der Waals surface area contributed by atoms with Gasteiger partial charge in [-0.1, -0.05) is 39.0 Å². The Morgan fingerprint density at radius 1 is 1.14 bits per heavy atom. The van der Waals surface area contributed by atoms with E-state index < -0.39 is 35.0 Å². The van der Waals surface area contributed by atoms with E-state index in [0.717, 1.165) is 31.0 Å². The Morgan fingerprint density at radius 3 is 2.27 bits per heavy atom. The van der Waals surface area contributed by atoms with E-state index in [0.29, 0.717) is 25.1 Å². The van der Waals surface area contributed by atoms with Crippen molar-refractivity contribution in [1.29, 1.82) is 0 Å². The molecule has 37 heavy (non-hydrogen) atoms. The minimum Gasteiger partial charge on any atom is -0.395 e. The molecule has 206 valence electrons. The first-order valence-corrected chi connectivity index (χ1v) is 13.1. The van der Waals surface area contributed by atoms with Crippen molar-refractivity contribution in [3.05, 3.63) is 59.2 Å². The fourth-order valence-electron chi connectivity index (χ4n) is 4.99. The number of carbonyl (C=O) groups excluding carboxylic acids is 2. The Balaban J connectivity index is 2.48. The largest absolute Gasteiger partial charge is 0.395 e. The molecule has 0 fully saturated rings. The summed E-state index contributed by atoms with van der Waals surface area (Å²) in [6.07, 6.45) is 5.71. The van der Waals surface area contributed by atoms with Gasteiger partial charge in [0.05, 0.1) is 18.1 Å². The van der Waals surface area contributed by atoms with Crippen LogP contribution in [-0.2, 0) is 16.0 Å². The molecule has 1 aliphatic rings. The van der Waals surface area contributed by atoms with Crippen molar-refractivity contribution in [2.75, 3.05) is 26.2 Å². The molecule has 0 radical (unpaired) electrons. The smallest absolute Gasteiger partial charge is 0.249 e. The number of nitrogens with one attached hydrogen (secondary N) is 1. The zero-order valence-electron chi connectivity index (χ0n) is 22.1. The van der Waals surface area contributed by atoms with Gasteiger partial charge in [0, 0.05) is 43.2 Å². The maximum atomic E-state index is 14.0. The van der Waals surface area contributed by atoms with Crippen molar-refractivity contribution in [2.24, 2.45) is 17.1 Å². The van der Waals surface area contributed by atoms with E-state index in [4.69, 9.17) is 5.73 Å². The molecule has 0 bridgehead atoms. The molecular formula is C28H41F2N3O4. The monoisotopic (exact) mass is 521 g/mol. The highest BCUT2D eigenvalue weighted by Crippen LogP contribution is 2.43. The topological polar surface area (TPSA) is 116 Å². The Hall–Kier alpha value is -2.62. The van der Waals surface area contributed by atoms with Crippen LogP contribution in [0.2, 0.25) is 0 Å². The predicted molar refractivity (Wildman–Crippen MR) is 139 cm³/mol. The average Bonchev–Trinajstić information content (AvgIpc) is 2.86. The van der Waals surface area contributed by atoms with Crippen molar-refractivity contribution in [2.45, 2.75) is 65.0 Å². The lowest BCUT2D eigenvalue weighted by Crippen LogP contribution is -2.52. The third-order valence-corrected chi connectivity index (χ3v) is 7.01. The fraction of sp³-hybridized carbons (Fsp3) is 0.571. The summed E-state index contributed by atoms with van der Waals surface area (Å²) < 4.78 is 28.0. The Kier molecular flexibility index (Phi) is 11.9. The molecule has 2 rings (SSSR count). The molecular weight excluding hydrogens is 480 g/mol. The van der Waals surface area contributed by atoms with Gasteiger partial charge in [0.1, 0.15) is 11.6 Å². The second-order valence-electron chi connectivity index (χ2n) is 9.78. The molecule has 0 spiro atoms. The van der Waals surface area contributed by atoms with E-state index in [1.54, 1.807) is 23.1 Å². The van der Waals surface area contributed by atoms with Crippen LogP contribution in [0.5, 0.6) is 0 Å². The van der Waals surface area contributed by atoms with Gasteiger partial charge in [0.25, 0.3) is 0 Å². The minimum absolute atomic E-state index is 0.00912. The van der Waals surface area contributed by atoms with E-state index in [9.17, 15) is 28.6 Å². The van der Waals surface area contributed by atoms with Crippen molar-refractivity contribution >= 4 is 11.8 Å². The number of primary amides is 1. The van der Waals surface area contributed by atoms with Crippen LogP contribution in [0.1, 0.15) is 52.0 Å². The summed E-state index contributed by atoms with van der Waals surface area (Å²) in [5.74, 6) is -3.40. The van der Waals surface area contributed by atoms with Crippen molar-refractivity contribution in [3.8, 4) is 0 Å². The van der Waals surface area contributed by atoms with Gasteiger partial charge >= 0.3 is 0 Å². The van der Waals surface area contributed by atoms with Crippen molar-refractivity contribution < 1.29 is 28.6 Å². The molecule has 0 saturated carbocycles. The van der Waals surface area contributed by atoms with Gasteiger partial charge in [-0.15, -0.1) is 0 Å². The zero-order valence-corrected chi connectivity index (χ0v) is 22.1. The number of hydrogen-bond donors (Lipinski definition) is 4. The van der Waals surface area contributed by atoms with Crippen LogP contribution in [0.15, 0.2) is 42.0 Å². The highest BCUT2D eigenvalue weighted by atomic mass is 19.1. The maximum absolute atomic E-state index is 14.0. The minimum atomic E-state index is -1.48. The molecule has 1 unspecified atom stereocenters. The number of halogens is 2. The SMILES string of the molecule is CCCN(CCC)C(=O)C1=CC=CC(C(N)=O)([C@H](Cc2cc(F)cc(F)c2)[C@@H](O)CN[C@@H](CC)CO)C1. The number of aliphatic hydroxyl groups excluding tert-OH is 2. The number of allylic oxidation sites excluding steroid dienone is 2. The number of amides is 2. The third kappa shape index (κ3) is 7.93. The van der Waals surface area contributed by atoms with Gasteiger partial charge in [-0.3, -0.25) is 9.59 Å². The van der Waals surface area contributed by atoms with Gasteiger partial charge < -0.3 is 26.2 Å². The van der Waals surface area contributed by atoms with Crippen LogP contribution in [0.4, 0.5) is 8.78 Å². The Labute approximate surface area is 218 Å². The normalized spacial score (nSPS) is 19.7. The number of rotatable bonds is 15. The summed E-state index contributed by atoms with van der Waals surface area (Å²) in [4.78, 5) is 28.2. The molecule has 0 saturated heterocycles. The van der Waals surface area contributed by atoms with Crippen LogP contribution >= 0.6 is 0 Å². The standard InChI is InChI=1S/C28H41F2N3O4/c1-4-10-33(11-5-2)26(36)20-8-7-9-28(16-20,27(31)37)24(25(35)17-32-23(6-3)18-34)14-19-12-21(29)15-22(30)13-19/h7-9,12-13,15,23-25,32,34-35H,4-6,10-11,14,16-18H2,1-3H3,(H2,31,37)/t23-,24+,25-,28?/m0/s1. The molecule has 7 nitrogen and oxygen atoms in total. The lowest BCUT2D eigenvalue weighted by Gasteiger charge is -2.41. The predicted octanol–water partition coefficient (Wildman–Crippen LogP) is 2.85. The van der Waals surface area contributed by atoms with Gasteiger partial charge in [-0.25, -0.2) is 8.78 Å². The number of nitrogens with two attached hydrogens (primary N) is 1. The van der Waals surface area contributed by atoms with Crippen LogP contribution in [0, 0.1) is 23.0 Å². The summed E-state index contributed by atoms with van der Waals surface area (Å²) in [7, 11) is 0. The van der Waals surface area contributed by atoms with E-state index >= 15 is 0 Å². The summed E-state index contributed by atoms with van der Waals surface area (Å²) >= 11 is 0. The van der Waals surface area contributed by atoms with Crippen molar-refractivity contribution in [3.63, 3.8) is 0 Å². The lowest BCUT2D eigenvalue weighted by molar-refractivity contribution is -0.132. The number of nitrogens with zero attached hydrogens (tertiary/aromatic N) is 1. The zero-order chi connectivity index (χ0) is 27.6. The van der Waals surface area contributed by atoms with Crippen LogP contribution in [-0.4, -0.2) is 65.3 Å². The fourth-order valence-corrected chi connectivity index (χ4v) is 4.99. The Morgan fingerprint density at radius 2 is 1.76 bits per heavy atom. The van der Waals surface area contributed by atoms with Gasteiger partial charge in [0.2, 0.25) is 11.8 Å². The third-order valence-electron chi connectivity index (χ3n) is 7.01. The quantitative estimate of drug-likeness (QED) is 0.283. The summed E-state index contributed by atoms with van der Waals surface area (Å²) in [6, 6.07) is 2.80. The molecule has 9 heteroatoms. The number of aliphatic hydroxyl groups is 2. The molecule has 1 aliphatic carbocycles. The second kappa shape index (κ2) is 14.4. The maximum Gasteiger partial charge on any atom is 0.249 e. The molecule has 5 N–H and O–H groups in total. The number of carbonyl (C=O) groups is 2. The van der Waals surface area contributed by atoms with Crippen LogP contribution in [0.3, 0.4) is 0 Å². The molecule has 1 aromatic rings. The van der Waals surface area contributed by atoms with E-state index in [1.165, 1.54) is 0 Å². The summed E-state index contributed by atoms with van der Waals surface area (Å²) in [6.45, 7) is 6.83. The number of benzene rings is 1. The first kappa shape index (κ1) is 30.6. The molecule has 2 amide bonds. The molecule has 0 aromatic heterocycles. The first-order valence-electron chi connectivity index (χ1n) is 13.1. The second-order valence-corrected chi connectivity index (χ2v) is 9.78. The van der Waals surface area contributed by atoms with E-state index in [-0.39, 0.29) is 43.5 Å². The molecule has 0 aliphatic heterocycles. The van der Waals surface area contributed by atoms with Gasteiger partial charge in [-0.05, 0) is 49.8 Å². The van der Waals surface area contributed by atoms with Crippen LogP contribution < -0.4 is 11.1 Å². The van der Waals surface area contributed by atoms with Gasteiger partial charge in [0.15, 0.2) is 0 Å². The first-order chi connectivity index (χ1) is 17.6. The summed E-state index contributed by atoms with van der Waals surface area (Å²) in [5.41, 5.74) is 5.12. The molecule has 0 heterocycles. The summed E-state index contributed by atoms with van der Waals surface area (Å²) in [5, 5.41) is 23.9. The van der Waals surface area contributed by atoms with E-state index in [2.05, 4.69) is 5.32 Å². The highest BCUT2D eigenvalue weighted by molar-refractivity contribution is 5.96. The highest BCUT2D eigenvalue weighted by Gasteiger charge is 2.48. The van der Waals surface area contributed by atoms with Gasteiger partial charge in [-0.2, -0.15) is 0 Å². The number of hydrogen-bond acceptors (Lipinski definition) is 5. The van der Waals surface area contributed by atoms with Crippen LogP contribution in [0.25, 0.3) is 0 Å². The molecule has 1 aromatic carbocycles. The van der Waals surface area contributed by atoms with Crippen molar-refractivity contribution in [1.82, 2.24) is 10.2 Å². The van der Waals surface area contributed by atoms with E-state index in [1.807, 2.05) is 20.8 Å². The Bertz CT molecular complexity index is 954. The molecule has 4 atom stereocenters.